The Balaban J connectivity index is 1.68. The van der Waals surface area contributed by atoms with E-state index < -0.39 is 0 Å². The van der Waals surface area contributed by atoms with Crippen molar-refractivity contribution in [2.45, 2.75) is 55.8 Å². The molecule has 1 aromatic carbocycles. The molecule has 0 spiro atoms. The molecule has 1 amide bonds. The number of hydrogen-bond acceptors (Lipinski definition) is 4. The van der Waals surface area contributed by atoms with Crippen molar-refractivity contribution in [3.05, 3.63) is 52.2 Å². The average Bonchev–Trinajstić information content (AvgIpc) is 3.15. The van der Waals surface area contributed by atoms with Crippen LogP contribution in [0.4, 0.5) is 0 Å². The lowest BCUT2D eigenvalue weighted by Crippen LogP contribution is -2.43. The molecule has 3 nitrogen and oxygen atoms in total. The second kappa shape index (κ2) is 9.58. The minimum Gasteiger partial charge on any atom is -0.381 e. The molecule has 1 saturated heterocycles. The quantitative estimate of drug-likeness (QED) is 0.624. The fraction of sp³-hybridized carbons (Fsp3) is 0.476. The highest BCUT2D eigenvalue weighted by atomic mass is 32.2. The lowest BCUT2D eigenvalue weighted by molar-refractivity contribution is -0.135. The number of carbonyl (C=O) groups excluding carboxylic acids is 1. The largest absolute Gasteiger partial charge is 0.381 e. The lowest BCUT2D eigenvalue weighted by atomic mass is 10.0. The van der Waals surface area contributed by atoms with Crippen LogP contribution in [0.2, 0.25) is 0 Å². The standard InChI is InChI=1S/C21H27NO2S2/c1-16(2)26-19-7-5-17(6-8-19)14-21(23)22(15-20-4-3-13-25-20)18-9-11-24-12-10-18/h3-8,13,16,18H,9-12,14-15H2,1-2H3. The molecule has 5 heteroatoms. The normalized spacial score (nSPS) is 15.3. The zero-order valence-corrected chi connectivity index (χ0v) is 17.2. The van der Waals surface area contributed by atoms with Crippen LogP contribution >= 0.6 is 23.1 Å². The summed E-state index contributed by atoms with van der Waals surface area (Å²) < 4.78 is 5.49. The molecule has 0 N–H and O–H groups in total. The number of thioether (sulfide) groups is 1. The molecule has 0 unspecified atom stereocenters. The zero-order chi connectivity index (χ0) is 18.4. The van der Waals surface area contributed by atoms with Crippen LogP contribution in [0.3, 0.4) is 0 Å². The highest BCUT2D eigenvalue weighted by Gasteiger charge is 2.26. The summed E-state index contributed by atoms with van der Waals surface area (Å²) in [5, 5.41) is 2.64. The van der Waals surface area contributed by atoms with Gasteiger partial charge >= 0.3 is 0 Å². The van der Waals surface area contributed by atoms with Gasteiger partial charge in [-0.3, -0.25) is 4.79 Å². The van der Waals surface area contributed by atoms with E-state index in [0.29, 0.717) is 18.2 Å². The molecule has 1 aliphatic heterocycles. The topological polar surface area (TPSA) is 29.5 Å². The predicted molar refractivity (Wildman–Crippen MR) is 110 cm³/mol. The van der Waals surface area contributed by atoms with Gasteiger partial charge in [0.15, 0.2) is 0 Å². The van der Waals surface area contributed by atoms with Gasteiger partial charge in [0.25, 0.3) is 0 Å². The molecule has 2 aromatic rings. The molecule has 0 atom stereocenters. The molecule has 0 aliphatic carbocycles. The second-order valence-electron chi connectivity index (χ2n) is 6.93. The summed E-state index contributed by atoms with van der Waals surface area (Å²) in [7, 11) is 0. The van der Waals surface area contributed by atoms with Gasteiger partial charge in [-0.25, -0.2) is 0 Å². The van der Waals surface area contributed by atoms with E-state index >= 15 is 0 Å². The molecule has 1 aromatic heterocycles. The fourth-order valence-corrected chi connectivity index (χ4v) is 4.76. The summed E-state index contributed by atoms with van der Waals surface area (Å²) >= 11 is 3.57. The number of ether oxygens (including phenoxy) is 1. The predicted octanol–water partition coefficient (Wildman–Crippen LogP) is 5.00. The first-order valence-electron chi connectivity index (χ1n) is 9.27. The van der Waals surface area contributed by atoms with Crippen molar-refractivity contribution in [1.29, 1.82) is 0 Å². The Morgan fingerprint density at radius 3 is 2.58 bits per heavy atom. The van der Waals surface area contributed by atoms with E-state index in [-0.39, 0.29) is 11.9 Å². The van der Waals surface area contributed by atoms with Crippen molar-refractivity contribution < 1.29 is 9.53 Å². The number of amides is 1. The van der Waals surface area contributed by atoms with Crippen LogP contribution in [0.5, 0.6) is 0 Å². The van der Waals surface area contributed by atoms with Gasteiger partial charge in [-0.15, -0.1) is 23.1 Å². The Hall–Kier alpha value is -1.30. The van der Waals surface area contributed by atoms with E-state index in [0.717, 1.165) is 31.6 Å². The Kier molecular flexibility index (Phi) is 7.17. The van der Waals surface area contributed by atoms with Gasteiger partial charge < -0.3 is 9.64 Å². The van der Waals surface area contributed by atoms with E-state index in [2.05, 4.69) is 60.5 Å². The fourth-order valence-electron chi connectivity index (χ4n) is 3.22. The molecule has 26 heavy (non-hydrogen) atoms. The first-order valence-corrected chi connectivity index (χ1v) is 11.0. The van der Waals surface area contributed by atoms with Crippen LogP contribution in [-0.4, -0.2) is 35.3 Å². The van der Waals surface area contributed by atoms with Crippen LogP contribution in [0.1, 0.15) is 37.1 Å². The number of carbonyl (C=O) groups is 1. The van der Waals surface area contributed by atoms with Crippen LogP contribution in [0.25, 0.3) is 0 Å². The molecule has 3 rings (SSSR count). The van der Waals surface area contributed by atoms with Gasteiger partial charge in [0.2, 0.25) is 5.91 Å². The Bertz CT molecular complexity index is 677. The SMILES string of the molecule is CC(C)Sc1ccc(CC(=O)N(Cc2cccs2)C2CCOCC2)cc1. The summed E-state index contributed by atoms with van der Waals surface area (Å²) in [5.41, 5.74) is 1.09. The molecule has 140 valence electrons. The van der Waals surface area contributed by atoms with Crippen molar-refractivity contribution in [2.75, 3.05) is 13.2 Å². The molecular weight excluding hydrogens is 362 g/mol. The van der Waals surface area contributed by atoms with E-state index in [1.165, 1.54) is 9.77 Å². The minimum atomic E-state index is 0.217. The summed E-state index contributed by atoms with van der Waals surface area (Å²) in [5.74, 6) is 0.217. The van der Waals surface area contributed by atoms with E-state index in [1.54, 1.807) is 11.3 Å². The molecule has 0 saturated carbocycles. The zero-order valence-electron chi connectivity index (χ0n) is 15.5. The average molecular weight is 390 g/mol. The van der Waals surface area contributed by atoms with Crippen molar-refractivity contribution in [3.8, 4) is 0 Å². The van der Waals surface area contributed by atoms with Gasteiger partial charge in [-0.05, 0) is 42.0 Å². The number of benzene rings is 1. The minimum absolute atomic E-state index is 0.217. The maximum atomic E-state index is 13.1. The van der Waals surface area contributed by atoms with E-state index in [1.807, 2.05) is 11.8 Å². The third-order valence-electron chi connectivity index (χ3n) is 4.51. The van der Waals surface area contributed by atoms with E-state index in [9.17, 15) is 4.79 Å². The molecule has 1 fully saturated rings. The van der Waals surface area contributed by atoms with Gasteiger partial charge in [0.1, 0.15) is 0 Å². The number of hydrogen-bond donors (Lipinski definition) is 0. The number of nitrogens with zero attached hydrogens (tertiary/aromatic N) is 1. The first kappa shape index (κ1) is 19.5. The summed E-state index contributed by atoms with van der Waals surface area (Å²) in [6, 6.07) is 12.9. The Morgan fingerprint density at radius 2 is 1.96 bits per heavy atom. The van der Waals surface area contributed by atoms with Crippen LogP contribution in [0, 0.1) is 0 Å². The van der Waals surface area contributed by atoms with Gasteiger partial charge in [0.05, 0.1) is 13.0 Å². The van der Waals surface area contributed by atoms with Crippen molar-refractivity contribution in [1.82, 2.24) is 4.90 Å². The molecule has 1 aliphatic rings. The van der Waals surface area contributed by atoms with Gasteiger partial charge in [-0.1, -0.05) is 32.0 Å². The number of rotatable bonds is 7. The van der Waals surface area contributed by atoms with Crippen molar-refractivity contribution in [2.24, 2.45) is 0 Å². The van der Waals surface area contributed by atoms with E-state index in [4.69, 9.17) is 4.74 Å². The highest BCUT2D eigenvalue weighted by molar-refractivity contribution is 7.99. The monoisotopic (exact) mass is 389 g/mol. The smallest absolute Gasteiger partial charge is 0.227 e. The third-order valence-corrected chi connectivity index (χ3v) is 6.39. The Morgan fingerprint density at radius 1 is 1.23 bits per heavy atom. The second-order valence-corrected chi connectivity index (χ2v) is 9.61. The van der Waals surface area contributed by atoms with Crippen LogP contribution in [-0.2, 0) is 22.5 Å². The van der Waals surface area contributed by atoms with Crippen LogP contribution in [0.15, 0.2) is 46.7 Å². The maximum absolute atomic E-state index is 13.1. The molecule has 2 heterocycles. The van der Waals surface area contributed by atoms with Gasteiger partial charge in [-0.2, -0.15) is 0 Å². The van der Waals surface area contributed by atoms with Gasteiger partial charge in [0, 0.05) is 34.3 Å². The molecule has 0 radical (unpaired) electrons. The van der Waals surface area contributed by atoms with Crippen molar-refractivity contribution >= 4 is 29.0 Å². The molecule has 0 bridgehead atoms. The van der Waals surface area contributed by atoms with Crippen molar-refractivity contribution in [3.63, 3.8) is 0 Å². The highest BCUT2D eigenvalue weighted by Crippen LogP contribution is 2.24. The number of thiophene rings is 1. The lowest BCUT2D eigenvalue weighted by Gasteiger charge is -2.34. The first-order chi connectivity index (χ1) is 12.6. The summed E-state index contributed by atoms with van der Waals surface area (Å²) in [6.45, 7) is 6.60. The van der Waals surface area contributed by atoms with Crippen LogP contribution < -0.4 is 0 Å². The maximum Gasteiger partial charge on any atom is 0.227 e. The summed E-state index contributed by atoms with van der Waals surface area (Å²) in [4.78, 5) is 17.7. The molecular formula is C21H27NO2S2. The third kappa shape index (κ3) is 5.60. The Labute approximate surface area is 164 Å². The summed E-state index contributed by atoms with van der Waals surface area (Å²) in [6.07, 6.45) is 2.33.